The molecule has 2 amide bonds. The highest BCUT2D eigenvalue weighted by Gasteiger charge is 2.33. The number of benzene rings is 3. The van der Waals surface area contributed by atoms with E-state index in [0.29, 0.717) is 18.7 Å². The summed E-state index contributed by atoms with van der Waals surface area (Å²) in [6, 6.07) is 22.0. The summed E-state index contributed by atoms with van der Waals surface area (Å²) >= 11 is 0. The predicted molar refractivity (Wildman–Crippen MR) is 162 cm³/mol. The van der Waals surface area contributed by atoms with Crippen molar-refractivity contribution in [3.05, 3.63) is 101 Å². The number of hydrogen-bond donors (Lipinski definition) is 1. The minimum Gasteiger partial charge on any atom is -0.354 e. The summed E-state index contributed by atoms with van der Waals surface area (Å²) in [5.74, 6) is -0.694. The summed E-state index contributed by atoms with van der Waals surface area (Å²) in [6.45, 7) is 7.94. The number of amides is 2. The van der Waals surface area contributed by atoms with E-state index < -0.39 is 28.5 Å². The Kier molecular flexibility index (Phi) is 10.9. The standard InChI is InChI=1S/C32H41N3O4S/c1-6-7-20-33-32(37)29(21-27-17-9-8-10-18-27)34(22-28-19-12-11-14-24(28)2)30(36)23-35(40(5,38)39)31-25(3)15-13-16-26(31)4/h8-19,29H,6-7,20-23H2,1-5H3,(H,33,37)/t29-/m1/s1. The van der Waals surface area contributed by atoms with Crippen molar-refractivity contribution in [2.24, 2.45) is 0 Å². The molecule has 40 heavy (non-hydrogen) atoms. The summed E-state index contributed by atoms with van der Waals surface area (Å²) in [5, 5.41) is 3.01. The van der Waals surface area contributed by atoms with Gasteiger partial charge in [-0.05, 0) is 55.0 Å². The van der Waals surface area contributed by atoms with Crippen LogP contribution in [0.15, 0.2) is 72.8 Å². The first-order chi connectivity index (χ1) is 19.0. The Morgan fingerprint density at radius 2 is 1.45 bits per heavy atom. The van der Waals surface area contributed by atoms with Crippen molar-refractivity contribution in [3.8, 4) is 0 Å². The number of hydrogen-bond acceptors (Lipinski definition) is 4. The Bertz CT molecular complexity index is 1390. The fraction of sp³-hybridized carbons (Fsp3) is 0.375. The second kappa shape index (κ2) is 14.1. The quantitative estimate of drug-likeness (QED) is 0.299. The molecule has 0 aliphatic rings. The van der Waals surface area contributed by atoms with Crippen LogP contribution in [0.25, 0.3) is 0 Å². The van der Waals surface area contributed by atoms with E-state index >= 15 is 0 Å². The zero-order valence-electron chi connectivity index (χ0n) is 24.2. The summed E-state index contributed by atoms with van der Waals surface area (Å²) in [6.07, 6.45) is 3.16. The lowest BCUT2D eigenvalue weighted by Crippen LogP contribution is -2.53. The van der Waals surface area contributed by atoms with Crippen LogP contribution in [-0.2, 0) is 32.6 Å². The normalized spacial score (nSPS) is 12.0. The van der Waals surface area contributed by atoms with E-state index in [2.05, 4.69) is 12.2 Å². The van der Waals surface area contributed by atoms with Crippen LogP contribution in [0.4, 0.5) is 5.69 Å². The Hall–Kier alpha value is -3.65. The first-order valence-corrected chi connectivity index (χ1v) is 15.6. The minimum absolute atomic E-state index is 0.175. The Morgan fingerprint density at radius 3 is 2.05 bits per heavy atom. The van der Waals surface area contributed by atoms with Gasteiger partial charge in [0.1, 0.15) is 12.6 Å². The Labute approximate surface area is 239 Å². The molecule has 7 nitrogen and oxygen atoms in total. The molecule has 1 atom stereocenters. The van der Waals surface area contributed by atoms with Crippen LogP contribution in [0.3, 0.4) is 0 Å². The van der Waals surface area contributed by atoms with Crippen molar-refractivity contribution < 1.29 is 18.0 Å². The van der Waals surface area contributed by atoms with Crippen LogP contribution in [0.2, 0.25) is 0 Å². The molecule has 214 valence electrons. The molecule has 3 aromatic rings. The van der Waals surface area contributed by atoms with Gasteiger partial charge in [-0.25, -0.2) is 8.42 Å². The minimum atomic E-state index is -3.81. The van der Waals surface area contributed by atoms with E-state index in [9.17, 15) is 18.0 Å². The molecule has 0 aromatic heterocycles. The van der Waals surface area contributed by atoms with E-state index in [1.54, 1.807) is 4.90 Å². The molecule has 0 heterocycles. The Balaban J connectivity index is 2.08. The molecular formula is C32H41N3O4S. The molecule has 0 aliphatic heterocycles. The molecular weight excluding hydrogens is 522 g/mol. The summed E-state index contributed by atoms with van der Waals surface area (Å²) < 4.78 is 27.3. The van der Waals surface area contributed by atoms with E-state index in [1.807, 2.05) is 93.6 Å². The molecule has 0 unspecified atom stereocenters. The third-order valence-electron chi connectivity index (χ3n) is 7.07. The molecule has 0 saturated heterocycles. The molecule has 8 heteroatoms. The van der Waals surface area contributed by atoms with E-state index in [1.165, 1.54) is 4.31 Å². The first kappa shape index (κ1) is 30.9. The predicted octanol–water partition coefficient (Wildman–Crippen LogP) is 4.93. The van der Waals surface area contributed by atoms with Crippen LogP contribution in [-0.4, -0.2) is 50.5 Å². The van der Waals surface area contributed by atoms with Crippen molar-refractivity contribution in [3.63, 3.8) is 0 Å². The van der Waals surface area contributed by atoms with Crippen LogP contribution in [0, 0.1) is 20.8 Å². The molecule has 0 fully saturated rings. The van der Waals surface area contributed by atoms with Gasteiger partial charge in [0.15, 0.2) is 0 Å². The lowest BCUT2D eigenvalue weighted by atomic mass is 10.0. The van der Waals surface area contributed by atoms with Crippen molar-refractivity contribution in [1.82, 2.24) is 10.2 Å². The second-order valence-corrected chi connectivity index (χ2v) is 12.2. The van der Waals surface area contributed by atoms with Gasteiger partial charge in [-0.3, -0.25) is 13.9 Å². The summed E-state index contributed by atoms with van der Waals surface area (Å²) in [7, 11) is -3.81. The molecule has 3 aromatic carbocycles. The van der Waals surface area contributed by atoms with Gasteiger partial charge in [0, 0.05) is 19.5 Å². The topological polar surface area (TPSA) is 86.8 Å². The average molecular weight is 564 g/mol. The molecule has 0 aliphatic carbocycles. The maximum atomic E-state index is 14.2. The number of anilines is 1. The molecule has 0 saturated carbocycles. The fourth-order valence-corrected chi connectivity index (χ4v) is 5.77. The number of sulfonamides is 1. The maximum absolute atomic E-state index is 14.2. The number of aryl methyl sites for hydroxylation is 3. The summed E-state index contributed by atoms with van der Waals surface area (Å²) in [5.41, 5.74) is 4.79. The number of para-hydroxylation sites is 1. The SMILES string of the molecule is CCCCNC(=O)[C@@H](Cc1ccccc1)N(Cc1ccccc1C)C(=O)CN(c1c(C)cccc1C)S(C)(=O)=O. The third-order valence-corrected chi connectivity index (χ3v) is 8.18. The van der Waals surface area contributed by atoms with Crippen LogP contribution < -0.4 is 9.62 Å². The molecule has 1 N–H and O–H groups in total. The maximum Gasteiger partial charge on any atom is 0.244 e. The van der Waals surface area contributed by atoms with Gasteiger partial charge in [0.05, 0.1) is 11.9 Å². The van der Waals surface area contributed by atoms with Gasteiger partial charge >= 0.3 is 0 Å². The number of nitrogens with zero attached hydrogens (tertiary/aromatic N) is 2. The highest BCUT2D eigenvalue weighted by molar-refractivity contribution is 7.92. The van der Waals surface area contributed by atoms with Crippen LogP contribution in [0.1, 0.15) is 47.6 Å². The lowest BCUT2D eigenvalue weighted by Gasteiger charge is -2.34. The van der Waals surface area contributed by atoms with E-state index in [-0.39, 0.29) is 12.5 Å². The Morgan fingerprint density at radius 1 is 0.850 bits per heavy atom. The van der Waals surface area contributed by atoms with Gasteiger partial charge in [-0.1, -0.05) is 86.1 Å². The monoisotopic (exact) mass is 563 g/mol. The van der Waals surface area contributed by atoms with Crippen LogP contribution in [0.5, 0.6) is 0 Å². The van der Waals surface area contributed by atoms with Gasteiger partial charge in [0.2, 0.25) is 21.8 Å². The van der Waals surface area contributed by atoms with Crippen molar-refractivity contribution in [1.29, 1.82) is 0 Å². The molecule has 0 bridgehead atoms. The second-order valence-electron chi connectivity index (χ2n) is 10.3. The van der Waals surface area contributed by atoms with Gasteiger partial charge in [-0.2, -0.15) is 0 Å². The largest absolute Gasteiger partial charge is 0.354 e. The van der Waals surface area contributed by atoms with Gasteiger partial charge in [0.25, 0.3) is 0 Å². The third kappa shape index (κ3) is 8.18. The van der Waals surface area contributed by atoms with Crippen molar-refractivity contribution in [2.75, 3.05) is 23.7 Å². The highest BCUT2D eigenvalue weighted by Crippen LogP contribution is 2.27. The number of rotatable bonds is 13. The zero-order chi connectivity index (χ0) is 29.3. The lowest BCUT2D eigenvalue weighted by molar-refractivity contribution is -0.140. The number of carbonyl (C=O) groups is 2. The van der Waals surface area contributed by atoms with Crippen molar-refractivity contribution >= 4 is 27.5 Å². The van der Waals surface area contributed by atoms with E-state index in [4.69, 9.17) is 0 Å². The fourth-order valence-electron chi connectivity index (χ4n) is 4.81. The van der Waals surface area contributed by atoms with Crippen molar-refractivity contribution in [2.45, 2.75) is 59.5 Å². The number of nitrogens with one attached hydrogen (secondary N) is 1. The number of unbranched alkanes of at least 4 members (excludes halogenated alkanes) is 1. The van der Waals surface area contributed by atoms with E-state index in [0.717, 1.165) is 46.9 Å². The highest BCUT2D eigenvalue weighted by atomic mass is 32.2. The molecule has 0 spiro atoms. The van der Waals surface area contributed by atoms with Crippen LogP contribution >= 0.6 is 0 Å². The van der Waals surface area contributed by atoms with Gasteiger partial charge in [-0.15, -0.1) is 0 Å². The zero-order valence-corrected chi connectivity index (χ0v) is 25.0. The smallest absolute Gasteiger partial charge is 0.244 e. The average Bonchev–Trinajstić information content (AvgIpc) is 2.91. The first-order valence-electron chi connectivity index (χ1n) is 13.7. The summed E-state index contributed by atoms with van der Waals surface area (Å²) in [4.78, 5) is 29.4. The number of carbonyl (C=O) groups excluding carboxylic acids is 2. The molecule has 3 rings (SSSR count). The van der Waals surface area contributed by atoms with Gasteiger partial charge < -0.3 is 10.2 Å². The molecule has 0 radical (unpaired) electrons.